The Morgan fingerprint density at radius 2 is 1.96 bits per heavy atom. The Balaban J connectivity index is 2.04. The number of rotatable bonds is 7. The molecule has 25 heavy (non-hydrogen) atoms. The van der Waals surface area contributed by atoms with Crippen molar-refractivity contribution in [2.75, 3.05) is 20.7 Å². The molecule has 0 radical (unpaired) electrons. The molecule has 0 aromatic heterocycles. The Labute approximate surface area is 148 Å². The van der Waals surface area contributed by atoms with Crippen LogP contribution in [0.4, 0.5) is 0 Å². The molecular formula is C17H24N2O5S. The van der Waals surface area contributed by atoms with Crippen molar-refractivity contribution in [3.63, 3.8) is 0 Å². The highest BCUT2D eigenvalue weighted by molar-refractivity contribution is 7.89. The molecule has 1 saturated carbocycles. The second kappa shape index (κ2) is 7.53. The monoisotopic (exact) mass is 368 g/mol. The van der Waals surface area contributed by atoms with Crippen LogP contribution >= 0.6 is 0 Å². The molecule has 1 aromatic carbocycles. The number of hydrogen-bond donors (Lipinski definition) is 1. The first-order valence-electron chi connectivity index (χ1n) is 8.12. The van der Waals surface area contributed by atoms with Gasteiger partial charge in [-0.3, -0.25) is 4.79 Å². The second-order valence-electron chi connectivity index (χ2n) is 6.53. The summed E-state index contributed by atoms with van der Waals surface area (Å²) in [6.07, 6.45) is 2.21. The Morgan fingerprint density at radius 3 is 2.52 bits per heavy atom. The lowest BCUT2D eigenvalue weighted by atomic mass is 10.1. The van der Waals surface area contributed by atoms with Crippen molar-refractivity contribution < 1.29 is 22.7 Å². The number of amides is 1. The predicted octanol–water partition coefficient (Wildman–Crippen LogP) is 1.32. The van der Waals surface area contributed by atoms with Crippen LogP contribution in [0.2, 0.25) is 0 Å². The predicted molar refractivity (Wildman–Crippen MR) is 92.7 cm³/mol. The van der Waals surface area contributed by atoms with Gasteiger partial charge in [-0.05, 0) is 50.3 Å². The largest absolute Gasteiger partial charge is 0.452 e. The standard InChI is InChI=1S/C17H24N2O5S/c1-11-5-8-14(25(22,23)19(3)4)9-15(11)17(21)24-10-16(20)18-12(2)13-6-7-13/h5,8-9,12-13H,6-7,10H2,1-4H3,(H,18,20)/t12-/m1/s1. The van der Waals surface area contributed by atoms with Crippen molar-refractivity contribution in [1.29, 1.82) is 0 Å². The highest BCUT2D eigenvalue weighted by atomic mass is 32.2. The van der Waals surface area contributed by atoms with Gasteiger partial charge in [0.25, 0.3) is 5.91 Å². The normalized spacial score (nSPS) is 15.7. The number of hydrogen-bond acceptors (Lipinski definition) is 5. The van der Waals surface area contributed by atoms with E-state index in [4.69, 9.17) is 4.74 Å². The van der Waals surface area contributed by atoms with E-state index in [2.05, 4.69) is 5.32 Å². The van der Waals surface area contributed by atoms with Gasteiger partial charge in [0.05, 0.1) is 10.5 Å². The van der Waals surface area contributed by atoms with E-state index in [-0.39, 0.29) is 29.0 Å². The molecular weight excluding hydrogens is 344 g/mol. The van der Waals surface area contributed by atoms with Crippen molar-refractivity contribution in [2.24, 2.45) is 5.92 Å². The first kappa shape index (κ1) is 19.4. The fourth-order valence-electron chi connectivity index (χ4n) is 2.41. The Hall–Kier alpha value is -1.93. The fourth-order valence-corrected chi connectivity index (χ4v) is 3.34. The van der Waals surface area contributed by atoms with Crippen LogP contribution in [-0.2, 0) is 19.6 Å². The highest BCUT2D eigenvalue weighted by Gasteiger charge is 2.29. The molecule has 0 bridgehead atoms. The maximum Gasteiger partial charge on any atom is 0.338 e. The summed E-state index contributed by atoms with van der Waals surface area (Å²) in [6, 6.07) is 4.33. The number of carbonyl (C=O) groups is 2. The lowest BCUT2D eigenvalue weighted by Crippen LogP contribution is -2.37. The average molecular weight is 368 g/mol. The zero-order chi connectivity index (χ0) is 18.8. The average Bonchev–Trinajstić information content (AvgIpc) is 3.37. The van der Waals surface area contributed by atoms with Gasteiger partial charge in [0.15, 0.2) is 6.61 Å². The van der Waals surface area contributed by atoms with E-state index in [0.717, 1.165) is 17.1 Å². The minimum Gasteiger partial charge on any atom is -0.452 e. The third-order valence-corrected chi connectivity index (χ3v) is 6.07. The summed E-state index contributed by atoms with van der Waals surface area (Å²) >= 11 is 0. The number of aryl methyl sites for hydroxylation is 1. The van der Waals surface area contributed by atoms with E-state index in [1.165, 1.54) is 26.2 Å². The first-order chi connectivity index (χ1) is 11.6. The van der Waals surface area contributed by atoms with Crippen molar-refractivity contribution in [3.8, 4) is 0 Å². The number of ether oxygens (including phenoxy) is 1. The lowest BCUT2D eigenvalue weighted by molar-refractivity contribution is -0.125. The third kappa shape index (κ3) is 4.79. The van der Waals surface area contributed by atoms with Gasteiger partial charge in [-0.15, -0.1) is 0 Å². The van der Waals surface area contributed by atoms with E-state index in [0.29, 0.717) is 11.5 Å². The quantitative estimate of drug-likeness (QED) is 0.733. The number of carbonyl (C=O) groups excluding carboxylic acids is 2. The number of benzene rings is 1. The smallest absolute Gasteiger partial charge is 0.338 e. The van der Waals surface area contributed by atoms with Gasteiger partial charge < -0.3 is 10.1 Å². The maximum absolute atomic E-state index is 12.2. The molecule has 0 unspecified atom stereocenters. The van der Waals surface area contributed by atoms with Gasteiger partial charge in [-0.25, -0.2) is 17.5 Å². The Morgan fingerprint density at radius 1 is 1.32 bits per heavy atom. The number of sulfonamides is 1. The molecule has 138 valence electrons. The van der Waals surface area contributed by atoms with Gasteiger partial charge in [0.2, 0.25) is 10.0 Å². The number of esters is 1. The van der Waals surface area contributed by atoms with Crippen molar-refractivity contribution >= 4 is 21.9 Å². The number of nitrogens with one attached hydrogen (secondary N) is 1. The molecule has 0 spiro atoms. The molecule has 1 amide bonds. The lowest BCUT2D eigenvalue weighted by Gasteiger charge is -2.14. The van der Waals surface area contributed by atoms with Crippen molar-refractivity contribution in [3.05, 3.63) is 29.3 Å². The number of nitrogens with zero attached hydrogens (tertiary/aromatic N) is 1. The van der Waals surface area contributed by atoms with E-state index in [1.54, 1.807) is 13.0 Å². The summed E-state index contributed by atoms with van der Waals surface area (Å²) in [7, 11) is -0.823. The summed E-state index contributed by atoms with van der Waals surface area (Å²) in [5, 5.41) is 2.80. The first-order valence-corrected chi connectivity index (χ1v) is 9.56. The Bertz CT molecular complexity index is 769. The summed E-state index contributed by atoms with van der Waals surface area (Å²) in [5.74, 6) is -0.570. The molecule has 1 aliphatic carbocycles. The van der Waals surface area contributed by atoms with E-state index in [9.17, 15) is 18.0 Å². The van der Waals surface area contributed by atoms with Crippen LogP contribution in [0, 0.1) is 12.8 Å². The van der Waals surface area contributed by atoms with Crippen molar-refractivity contribution in [2.45, 2.75) is 37.6 Å². The molecule has 1 aliphatic rings. The SMILES string of the molecule is Cc1ccc(S(=O)(=O)N(C)C)cc1C(=O)OCC(=O)N[C@H](C)C1CC1. The minimum atomic E-state index is -3.65. The van der Waals surface area contributed by atoms with Crippen LogP contribution in [-0.4, -0.2) is 51.3 Å². The molecule has 0 saturated heterocycles. The molecule has 1 aromatic rings. The summed E-state index contributed by atoms with van der Waals surface area (Å²) in [6.45, 7) is 3.22. The topological polar surface area (TPSA) is 92.8 Å². The van der Waals surface area contributed by atoms with Gasteiger partial charge in [-0.1, -0.05) is 6.07 Å². The van der Waals surface area contributed by atoms with Crippen LogP contribution in [0.5, 0.6) is 0 Å². The third-order valence-electron chi connectivity index (χ3n) is 4.26. The van der Waals surface area contributed by atoms with Crippen LogP contribution in [0.3, 0.4) is 0 Å². The second-order valence-corrected chi connectivity index (χ2v) is 8.69. The Kier molecular flexibility index (Phi) is 5.84. The summed E-state index contributed by atoms with van der Waals surface area (Å²) in [4.78, 5) is 24.1. The van der Waals surface area contributed by atoms with E-state index in [1.807, 2.05) is 6.92 Å². The summed E-state index contributed by atoms with van der Waals surface area (Å²) < 4.78 is 30.5. The van der Waals surface area contributed by atoms with Crippen molar-refractivity contribution in [1.82, 2.24) is 9.62 Å². The highest BCUT2D eigenvalue weighted by Crippen LogP contribution is 2.32. The van der Waals surface area contributed by atoms with E-state index < -0.39 is 16.0 Å². The molecule has 1 N–H and O–H groups in total. The molecule has 7 nitrogen and oxygen atoms in total. The van der Waals surface area contributed by atoms with Gasteiger partial charge in [0, 0.05) is 20.1 Å². The van der Waals surface area contributed by atoms with Crippen LogP contribution < -0.4 is 5.32 Å². The molecule has 1 atom stereocenters. The minimum absolute atomic E-state index is 0.00172. The zero-order valence-corrected chi connectivity index (χ0v) is 15.7. The molecule has 8 heteroatoms. The van der Waals surface area contributed by atoms with Gasteiger partial charge in [-0.2, -0.15) is 0 Å². The van der Waals surface area contributed by atoms with Crippen LogP contribution in [0.15, 0.2) is 23.1 Å². The van der Waals surface area contributed by atoms with Crippen LogP contribution in [0.1, 0.15) is 35.7 Å². The van der Waals surface area contributed by atoms with Crippen LogP contribution in [0.25, 0.3) is 0 Å². The van der Waals surface area contributed by atoms with Gasteiger partial charge >= 0.3 is 5.97 Å². The molecule has 2 rings (SSSR count). The van der Waals surface area contributed by atoms with E-state index >= 15 is 0 Å². The molecule has 0 heterocycles. The summed E-state index contributed by atoms with van der Waals surface area (Å²) in [5.41, 5.74) is 0.709. The maximum atomic E-state index is 12.2. The molecule has 0 aliphatic heterocycles. The molecule has 1 fully saturated rings. The fraction of sp³-hybridized carbons (Fsp3) is 0.529. The van der Waals surface area contributed by atoms with Gasteiger partial charge in [0.1, 0.15) is 0 Å². The zero-order valence-electron chi connectivity index (χ0n) is 14.9.